The van der Waals surface area contributed by atoms with Crippen LogP contribution < -0.4 is 0 Å². The van der Waals surface area contributed by atoms with Gasteiger partial charge in [-0.05, 0) is 83.5 Å². The number of unbranched alkanes of at least 4 members (excludes halogenated alkanes) is 50. The molecule has 0 aliphatic rings. The van der Waals surface area contributed by atoms with E-state index in [-0.39, 0.29) is 31.1 Å². The first-order valence-corrected chi connectivity index (χ1v) is 37.1. The van der Waals surface area contributed by atoms with Crippen LogP contribution in [0.3, 0.4) is 0 Å². The first-order valence-electron chi connectivity index (χ1n) is 37.1. The van der Waals surface area contributed by atoms with E-state index in [1.807, 2.05) is 0 Å². The summed E-state index contributed by atoms with van der Waals surface area (Å²) in [5.74, 6) is -0.858. The van der Waals surface area contributed by atoms with Gasteiger partial charge in [-0.1, -0.05) is 352 Å². The second-order valence-electron chi connectivity index (χ2n) is 25.2. The lowest BCUT2D eigenvalue weighted by atomic mass is 10.0. The SMILES string of the molecule is CCCCCC/C=C\C/C=C\CCCCCCCC(=O)OC(COC(=O)CCCCCCCCCCCCCCCC)COC(=O)CCCCCCCCCCCCCCCCCCCCCCCCC/C=C\C/C=C\CCCCCCC. The number of hydrogen-bond donors (Lipinski definition) is 0. The molecule has 1 atom stereocenters. The summed E-state index contributed by atoms with van der Waals surface area (Å²) in [6.45, 7) is 6.67. The van der Waals surface area contributed by atoms with Gasteiger partial charge in [-0.15, -0.1) is 0 Å². The van der Waals surface area contributed by atoms with E-state index in [2.05, 4.69) is 69.4 Å². The highest BCUT2D eigenvalue weighted by Crippen LogP contribution is 2.19. The van der Waals surface area contributed by atoms with Crippen LogP contribution in [-0.4, -0.2) is 37.2 Å². The molecule has 0 fully saturated rings. The van der Waals surface area contributed by atoms with Gasteiger partial charge in [0.1, 0.15) is 13.2 Å². The highest BCUT2D eigenvalue weighted by Gasteiger charge is 2.19. The lowest BCUT2D eigenvalue weighted by Gasteiger charge is -2.18. The average molecular weight is 1160 g/mol. The van der Waals surface area contributed by atoms with Crippen molar-refractivity contribution in [2.75, 3.05) is 13.2 Å². The summed E-state index contributed by atoms with van der Waals surface area (Å²) in [5, 5.41) is 0. The Balaban J connectivity index is 4.09. The second kappa shape index (κ2) is 71.8. The highest BCUT2D eigenvalue weighted by atomic mass is 16.6. The molecule has 1 unspecified atom stereocenters. The third-order valence-corrected chi connectivity index (χ3v) is 16.8. The topological polar surface area (TPSA) is 78.9 Å². The lowest BCUT2D eigenvalue weighted by molar-refractivity contribution is -0.167. The van der Waals surface area contributed by atoms with Gasteiger partial charge in [-0.2, -0.15) is 0 Å². The van der Waals surface area contributed by atoms with Crippen LogP contribution in [0, 0.1) is 0 Å². The van der Waals surface area contributed by atoms with Gasteiger partial charge >= 0.3 is 17.9 Å². The zero-order valence-electron chi connectivity index (χ0n) is 56.0. The van der Waals surface area contributed by atoms with Crippen molar-refractivity contribution in [2.24, 2.45) is 0 Å². The van der Waals surface area contributed by atoms with E-state index in [4.69, 9.17) is 14.2 Å². The molecule has 0 spiro atoms. The first-order chi connectivity index (χ1) is 41.0. The Kier molecular flexibility index (Phi) is 69.6. The van der Waals surface area contributed by atoms with Gasteiger partial charge in [0.25, 0.3) is 0 Å². The summed E-state index contributed by atoms with van der Waals surface area (Å²) in [5.41, 5.74) is 0. The zero-order chi connectivity index (χ0) is 59.9. The Morgan fingerprint density at radius 2 is 0.434 bits per heavy atom. The number of carbonyl (C=O) groups excluding carboxylic acids is 3. The Bertz CT molecular complexity index is 1430. The molecule has 0 N–H and O–H groups in total. The molecule has 0 aromatic rings. The van der Waals surface area contributed by atoms with Crippen molar-refractivity contribution in [1.29, 1.82) is 0 Å². The number of ether oxygens (including phenoxy) is 3. The van der Waals surface area contributed by atoms with Crippen LogP contribution >= 0.6 is 0 Å². The molecule has 0 heterocycles. The summed E-state index contributed by atoms with van der Waals surface area (Å²) in [6.07, 6.45) is 91.7. The number of carbonyl (C=O) groups is 3. The van der Waals surface area contributed by atoms with Crippen LogP contribution in [0.25, 0.3) is 0 Å². The quantitative estimate of drug-likeness (QED) is 0.0261. The Morgan fingerprint density at radius 3 is 0.675 bits per heavy atom. The van der Waals surface area contributed by atoms with E-state index in [1.165, 1.54) is 283 Å². The first kappa shape index (κ1) is 80.4. The third-order valence-electron chi connectivity index (χ3n) is 16.8. The second-order valence-corrected chi connectivity index (χ2v) is 25.2. The minimum Gasteiger partial charge on any atom is -0.462 e. The maximum atomic E-state index is 12.9. The molecule has 0 aromatic heterocycles. The molecule has 0 rings (SSSR count). The fourth-order valence-electron chi connectivity index (χ4n) is 11.2. The predicted octanol–water partition coefficient (Wildman–Crippen LogP) is 25.7. The van der Waals surface area contributed by atoms with Crippen molar-refractivity contribution in [1.82, 2.24) is 0 Å². The number of esters is 3. The zero-order valence-corrected chi connectivity index (χ0v) is 56.0. The monoisotopic (exact) mass is 1160 g/mol. The summed E-state index contributed by atoms with van der Waals surface area (Å²) < 4.78 is 17.0. The molecule has 0 saturated heterocycles. The largest absolute Gasteiger partial charge is 0.462 e. The van der Waals surface area contributed by atoms with Crippen LogP contribution in [0.4, 0.5) is 0 Å². The van der Waals surface area contributed by atoms with Crippen molar-refractivity contribution in [2.45, 2.75) is 412 Å². The Labute approximate surface area is 518 Å². The molecule has 0 bridgehead atoms. The molecule has 83 heavy (non-hydrogen) atoms. The van der Waals surface area contributed by atoms with Gasteiger partial charge in [-0.3, -0.25) is 14.4 Å². The fourth-order valence-corrected chi connectivity index (χ4v) is 11.2. The van der Waals surface area contributed by atoms with Gasteiger partial charge in [0.15, 0.2) is 6.10 Å². The van der Waals surface area contributed by atoms with Crippen LogP contribution in [0.2, 0.25) is 0 Å². The maximum absolute atomic E-state index is 12.9. The third kappa shape index (κ3) is 70.0. The van der Waals surface area contributed by atoms with Gasteiger partial charge in [0.05, 0.1) is 0 Å². The molecule has 0 saturated carbocycles. The van der Waals surface area contributed by atoms with E-state index >= 15 is 0 Å². The maximum Gasteiger partial charge on any atom is 0.306 e. The van der Waals surface area contributed by atoms with Crippen molar-refractivity contribution in [3.63, 3.8) is 0 Å². The van der Waals surface area contributed by atoms with Gasteiger partial charge < -0.3 is 14.2 Å². The van der Waals surface area contributed by atoms with E-state index in [9.17, 15) is 14.4 Å². The van der Waals surface area contributed by atoms with Crippen molar-refractivity contribution in [3.8, 4) is 0 Å². The Hall–Kier alpha value is -2.63. The summed E-state index contributed by atoms with van der Waals surface area (Å²) in [7, 11) is 0. The van der Waals surface area contributed by atoms with E-state index in [0.29, 0.717) is 19.3 Å². The van der Waals surface area contributed by atoms with E-state index in [1.54, 1.807) is 0 Å². The highest BCUT2D eigenvalue weighted by molar-refractivity contribution is 5.71. The van der Waals surface area contributed by atoms with Crippen molar-refractivity contribution >= 4 is 17.9 Å². The van der Waals surface area contributed by atoms with Crippen molar-refractivity contribution in [3.05, 3.63) is 48.6 Å². The average Bonchev–Trinajstić information content (AvgIpc) is 3.50. The molecule has 6 heteroatoms. The number of allylic oxidation sites excluding steroid dienone is 8. The summed E-state index contributed by atoms with van der Waals surface area (Å²) in [6, 6.07) is 0. The van der Waals surface area contributed by atoms with Crippen molar-refractivity contribution < 1.29 is 28.6 Å². The standard InChI is InChI=1S/C77H142O6/c1-4-7-10-13-16-19-22-25-28-30-31-32-33-34-35-36-37-38-39-40-41-42-43-44-45-46-47-48-50-52-55-58-61-64-67-70-76(79)82-73-74(72-81-75(78)69-66-63-60-57-54-51-27-24-21-18-15-12-9-6-3)83-77(80)71-68-65-62-59-56-53-49-29-26-23-20-17-14-11-8-5-2/h20,22-23,25,29-31,49,74H,4-19,21,24,26-28,32-48,50-73H2,1-3H3/b23-20-,25-22-,31-30-,49-29-. The van der Waals surface area contributed by atoms with Crippen LogP contribution in [0.1, 0.15) is 406 Å². The van der Waals surface area contributed by atoms with Crippen LogP contribution in [0.15, 0.2) is 48.6 Å². The Morgan fingerprint density at radius 1 is 0.241 bits per heavy atom. The molecule has 0 aromatic carbocycles. The predicted molar refractivity (Wildman–Crippen MR) is 362 cm³/mol. The molecule has 0 aliphatic carbocycles. The summed E-state index contributed by atoms with van der Waals surface area (Å²) in [4.78, 5) is 38.4. The molecular weight excluding hydrogens is 1020 g/mol. The normalized spacial score (nSPS) is 12.3. The van der Waals surface area contributed by atoms with E-state index in [0.717, 1.165) is 83.5 Å². The van der Waals surface area contributed by atoms with Gasteiger partial charge in [0.2, 0.25) is 0 Å². The van der Waals surface area contributed by atoms with Gasteiger partial charge in [-0.25, -0.2) is 0 Å². The van der Waals surface area contributed by atoms with E-state index < -0.39 is 6.10 Å². The number of rotatable bonds is 69. The fraction of sp³-hybridized carbons (Fsp3) is 0.857. The lowest BCUT2D eigenvalue weighted by Crippen LogP contribution is -2.30. The number of hydrogen-bond acceptors (Lipinski definition) is 6. The minimum atomic E-state index is -0.778. The molecule has 0 amide bonds. The summed E-state index contributed by atoms with van der Waals surface area (Å²) >= 11 is 0. The smallest absolute Gasteiger partial charge is 0.306 e. The molecular formula is C77H142O6. The molecule has 486 valence electrons. The minimum absolute atomic E-state index is 0.0728. The molecule has 0 aliphatic heterocycles. The molecule has 0 radical (unpaired) electrons. The van der Waals surface area contributed by atoms with Gasteiger partial charge in [0, 0.05) is 19.3 Å². The van der Waals surface area contributed by atoms with Crippen LogP contribution in [-0.2, 0) is 28.6 Å². The molecule has 6 nitrogen and oxygen atoms in total. The van der Waals surface area contributed by atoms with Crippen LogP contribution in [0.5, 0.6) is 0 Å².